The Labute approximate surface area is 173 Å². The topological polar surface area (TPSA) is 62.2 Å². The first-order valence-corrected chi connectivity index (χ1v) is 9.20. The number of alkyl halides is 3. The molecule has 0 bridgehead atoms. The quantitative estimate of drug-likeness (QED) is 0.763. The van der Waals surface area contributed by atoms with Crippen LogP contribution in [-0.4, -0.2) is 65.5 Å². The number of hydrogen-bond donors (Lipinski definition) is 2. The molecule has 2 aromatic rings. The van der Waals surface area contributed by atoms with Crippen molar-refractivity contribution in [1.29, 1.82) is 0 Å². The third kappa shape index (κ3) is 5.29. The predicted octanol–water partition coefficient (Wildman–Crippen LogP) is 2.48. The molecule has 1 unspecified atom stereocenters. The minimum Gasteiger partial charge on any atom is -0.350 e. The summed E-state index contributed by atoms with van der Waals surface area (Å²) in [6.07, 6.45) is -4.41. The Kier molecular flexibility index (Phi) is 7.67. The molecular weight excluding hydrogens is 407 g/mol. The van der Waals surface area contributed by atoms with E-state index in [4.69, 9.17) is 0 Å². The third-order valence-electron chi connectivity index (χ3n) is 4.95. The number of carbonyl (C=O) groups is 1. The van der Waals surface area contributed by atoms with Gasteiger partial charge in [0.1, 0.15) is 6.04 Å². The molecule has 0 spiro atoms. The molecule has 3 rings (SSSR count). The van der Waals surface area contributed by atoms with Crippen molar-refractivity contribution in [2.75, 3.05) is 32.7 Å². The van der Waals surface area contributed by atoms with Gasteiger partial charge in [-0.2, -0.15) is 18.3 Å². The largest absolute Gasteiger partial charge is 0.405 e. The van der Waals surface area contributed by atoms with E-state index in [0.29, 0.717) is 43.1 Å². The summed E-state index contributed by atoms with van der Waals surface area (Å²) >= 11 is 0. The van der Waals surface area contributed by atoms with Crippen LogP contribution in [-0.2, 0) is 0 Å². The van der Waals surface area contributed by atoms with Crippen molar-refractivity contribution >= 4 is 18.3 Å². The van der Waals surface area contributed by atoms with E-state index in [1.54, 1.807) is 18.5 Å². The zero-order valence-electron chi connectivity index (χ0n) is 16.3. The summed E-state index contributed by atoms with van der Waals surface area (Å²) in [4.78, 5) is 14.0. The highest BCUT2D eigenvalue weighted by Crippen LogP contribution is 2.25. The molecule has 1 aromatic carbocycles. The second kappa shape index (κ2) is 9.60. The number of para-hydroxylation sites is 1. The van der Waals surface area contributed by atoms with E-state index in [2.05, 4.69) is 15.7 Å². The van der Waals surface area contributed by atoms with Crippen LogP contribution in [0.15, 0.2) is 30.3 Å². The van der Waals surface area contributed by atoms with Crippen LogP contribution in [0.1, 0.15) is 21.7 Å². The molecule has 0 aliphatic carbocycles. The number of rotatable bonds is 5. The maximum absolute atomic E-state index is 13.5. The lowest BCUT2D eigenvalue weighted by Gasteiger charge is -2.35. The van der Waals surface area contributed by atoms with Crippen LogP contribution in [0.5, 0.6) is 0 Å². The molecule has 2 N–H and O–H groups in total. The molecule has 2 heterocycles. The SMILES string of the molecule is Cc1nn(-c2ccccc2)c(C)c1C(=O)NCC(N1CCNCC1)C(F)(F)F.Cl. The van der Waals surface area contributed by atoms with Crippen LogP contribution in [0.25, 0.3) is 5.69 Å². The fourth-order valence-corrected chi connectivity index (χ4v) is 3.52. The number of hydrogen-bond acceptors (Lipinski definition) is 4. The van der Waals surface area contributed by atoms with Crippen LogP contribution >= 0.6 is 12.4 Å². The van der Waals surface area contributed by atoms with Crippen molar-refractivity contribution in [1.82, 2.24) is 25.3 Å². The van der Waals surface area contributed by atoms with Crippen LogP contribution in [0.2, 0.25) is 0 Å². The van der Waals surface area contributed by atoms with Gasteiger partial charge in [0.15, 0.2) is 0 Å². The summed E-state index contributed by atoms with van der Waals surface area (Å²) in [5.74, 6) is -0.540. The first-order valence-electron chi connectivity index (χ1n) is 9.20. The summed E-state index contributed by atoms with van der Waals surface area (Å²) in [5, 5.41) is 9.89. The minimum absolute atomic E-state index is 0. The lowest BCUT2D eigenvalue weighted by Crippen LogP contribution is -2.57. The molecule has 1 atom stereocenters. The summed E-state index contributed by atoms with van der Waals surface area (Å²) < 4.78 is 42.2. The van der Waals surface area contributed by atoms with Gasteiger partial charge in [-0.1, -0.05) is 18.2 Å². The van der Waals surface area contributed by atoms with Gasteiger partial charge in [0, 0.05) is 32.7 Å². The van der Waals surface area contributed by atoms with E-state index in [-0.39, 0.29) is 12.4 Å². The standard InChI is InChI=1S/C19H24F3N5O.ClH/c1-13-17(14(2)27(25-13)15-6-4-3-5-7-15)18(28)24-12-16(19(20,21)22)26-10-8-23-9-11-26;/h3-7,16,23H,8-12H2,1-2H3,(H,24,28);1H. The van der Waals surface area contributed by atoms with Gasteiger partial charge in [-0.25, -0.2) is 4.68 Å². The van der Waals surface area contributed by atoms with E-state index in [1.165, 1.54) is 4.90 Å². The number of aromatic nitrogens is 2. The lowest BCUT2D eigenvalue weighted by molar-refractivity contribution is -0.183. The molecule has 29 heavy (non-hydrogen) atoms. The maximum atomic E-state index is 13.5. The van der Waals surface area contributed by atoms with E-state index < -0.39 is 24.7 Å². The Bertz CT molecular complexity index is 819. The van der Waals surface area contributed by atoms with Crippen molar-refractivity contribution in [3.63, 3.8) is 0 Å². The average Bonchev–Trinajstić information content (AvgIpc) is 2.96. The molecule has 10 heteroatoms. The van der Waals surface area contributed by atoms with E-state index >= 15 is 0 Å². The van der Waals surface area contributed by atoms with Gasteiger partial charge in [-0.3, -0.25) is 9.69 Å². The highest BCUT2D eigenvalue weighted by Gasteiger charge is 2.44. The van der Waals surface area contributed by atoms with E-state index in [0.717, 1.165) is 5.69 Å². The van der Waals surface area contributed by atoms with Crippen molar-refractivity contribution in [3.8, 4) is 5.69 Å². The first kappa shape index (κ1) is 23.2. The predicted molar refractivity (Wildman–Crippen MR) is 107 cm³/mol. The molecule has 160 valence electrons. The Morgan fingerprint density at radius 2 is 1.83 bits per heavy atom. The molecule has 6 nitrogen and oxygen atoms in total. The molecular formula is C19H25ClF3N5O. The van der Waals surface area contributed by atoms with Gasteiger partial charge in [-0.15, -0.1) is 12.4 Å². The number of nitrogens with one attached hydrogen (secondary N) is 2. The molecule has 0 radical (unpaired) electrons. The molecule has 1 saturated heterocycles. The van der Waals surface area contributed by atoms with Gasteiger partial charge in [0.05, 0.1) is 22.6 Å². The van der Waals surface area contributed by atoms with Crippen molar-refractivity contribution in [2.45, 2.75) is 26.1 Å². The average molecular weight is 432 g/mol. The number of piperazine rings is 1. The van der Waals surface area contributed by atoms with Gasteiger partial charge >= 0.3 is 6.18 Å². The van der Waals surface area contributed by atoms with Crippen LogP contribution in [0.4, 0.5) is 13.2 Å². The van der Waals surface area contributed by atoms with Crippen LogP contribution < -0.4 is 10.6 Å². The highest BCUT2D eigenvalue weighted by atomic mass is 35.5. The van der Waals surface area contributed by atoms with Gasteiger partial charge in [0.25, 0.3) is 5.91 Å². The van der Waals surface area contributed by atoms with Gasteiger partial charge in [0.2, 0.25) is 0 Å². The Morgan fingerprint density at radius 3 is 2.41 bits per heavy atom. The molecule has 1 aromatic heterocycles. The Morgan fingerprint density at radius 1 is 1.21 bits per heavy atom. The molecule has 1 aliphatic heterocycles. The molecule has 1 aliphatic rings. The lowest BCUT2D eigenvalue weighted by atomic mass is 10.1. The molecule has 0 saturated carbocycles. The number of amides is 1. The second-order valence-electron chi connectivity index (χ2n) is 6.85. The van der Waals surface area contributed by atoms with E-state index in [9.17, 15) is 18.0 Å². The highest BCUT2D eigenvalue weighted by molar-refractivity contribution is 5.96. The second-order valence-corrected chi connectivity index (χ2v) is 6.85. The number of nitrogens with zero attached hydrogens (tertiary/aromatic N) is 3. The third-order valence-corrected chi connectivity index (χ3v) is 4.95. The molecule has 1 amide bonds. The van der Waals surface area contributed by atoms with Crippen molar-refractivity contribution in [2.24, 2.45) is 0 Å². The van der Waals surface area contributed by atoms with E-state index in [1.807, 2.05) is 30.3 Å². The van der Waals surface area contributed by atoms with Crippen LogP contribution in [0.3, 0.4) is 0 Å². The van der Waals surface area contributed by atoms with Gasteiger partial charge in [-0.05, 0) is 26.0 Å². The number of halogens is 4. The van der Waals surface area contributed by atoms with Crippen molar-refractivity contribution in [3.05, 3.63) is 47.3 Å². The summed E-state index contributed by atoms with van der Waals surface area (Å²) in [6, 6.07) is 7.58. The number of benzene rings is 1. The zero-order valence-corrected chi connectivity index (χ0v) is 17.1. The maximum Gasteiger partial charge on any atom is 0.405 e. The Balaban J connectivity index is 0.00000300. The zero-order chi connectivity index (χ0) is 20.3. The number of aryl methyl sites for hydroxylation is 1. The smallest absolute Gasteiger partial charge is 0.350 e. The summed E-state index contributed by atoms with van der Waals surface area (Å²) in [5.41, 5.74) is 2.16. The Hall–Kier alpha value is -2.10. The minimum atomic E-state index is -4.41. The monoisotopic (exact) mass is 431 g/mol. The summed E-state index contributed by atoms with van der Waals surface area (Å²) in [7, 11) is 0. The summed E-state index contributed by atoms with van der Waals surface area (Å²) in [6.45, 7) is 4.52. The van der Waals surface area contributed by atoms with Crippen molar-refractivity contribution < 1.29 is 18.0 Å². The van der Waals surface area contributed by atoms with Gasteiger partial charge < -0.3 is 10.6 Å². The number of carbonyl (C=O) groups excluding carboxylic acids is 1. The first-order chi connectivity index (χ1) is 13.3. The molecule has 1 fully saturated rings. The normalized spacial score (nSPS) is 16.2. The fourth-order valence-electron chi connectivity index (χ4n) is 3.52. The van der Waals surface area contributed by atoms with Crippen LogP contribution in [0, 0.1) is 13.8 Å². The fraction of sp³-hybridized carbons (Fsp3) is 0.474.